The summed E-state index contributed by atoms with van der Waals surface area (Å²) in [6, 6.07) is 13.6. The number of rotatable bonds is 4. The molecule has 9 heteroatoms. The van der Waals surface area contributed by atoms with Gasteiger partial charge in [-0.1, -0.05) is 6.07 Å². The second-order valence-electron chi connectivity index (χ2n) is 6.79. The first-order valence-corrected chi connectivity index (χ1v) is 10.7. The van der Waals surface area contributed by atoms with Crippen LogP contribution < -0.4 is 10.2 Å². The van der Waals surface area contributed by atoms with Gasteiger partial charge >= 0.3 is 6.03 Å². The molecule has 2 amide bonds. The Morgan fingerprint density at radius 1 is 1.03 bits per heavy atom. The molecule has 1 aromatic carbocycles. The summed E-state index contributed by atoms with van der Waals surface area (Å²) < 4.78 is 1.71. The van der Waals surface area contributed by atoms with Crippen molar-refractivity contribution in [2.45, 2.75) is 11.8 Å². The van der Waals surface area contributed by atoms with Gasteiger partial charge in [0, 0.05) is 43.0 Å². The minimum Gasteiger partial charge on any atom is -0.352 e. The number of carbonyl (C=O) groups excluding carboxylic acids is 1. The minimum atomic E-state index is -0.0709. The van der Waals surface area contributed by atoms with E-state index in [1.165, 1.54) is 0 Å². The van der Waals surface area contributed by atoms with Crippen molar-refractivity contribution in [2.75, 3.05) is 42.7 Å². The van der Waals surface area contributed by atoms with Crippen molar-refractivity contribution in [3.05, 3.63) is 54.4 Å². The number of urea groups is 1. The van der Waals surface area contributed by atoms with Crippen molar-refractivity contribution >= 4 is 29.3 Å². The van der Waals surface area contributed by atoms with Crippen molar-refractivity contribution in [1.29, 1.82) is 0 Å². The van der Waals surface area contributed by atoms with Crippen LogP contribution in [-0.2, 0) is 0 Å². The molecule has 3 aromatic rings. The summed E-state index contributed by atoms with van der Waals surface area (Å²) in [5, 5.41) is 15.9. The zero-order valence-electron chi connectivity index (χ0n) is 16.4. The van der Waals surface area contributed by atoms with Gasteiger partial charge in [0.05, 0.1) is 5.69 Å². The van der Waals surface area contributed by atoms with Crippen LogP contribution in [0.25, 0.3) is 5.82 Å². The lowest BCUT2D eigenvalue weighted by Crippen LogP contribution is -2.50. The summed E-state index contributed by atoms with van der Waals surface area (Å²) in [6.07, 6.45) is 3.89. The van der Waals surface area contributed by atoms with Crippen molar-refractivity contribution in [1.82, 2.24) is 24.9 Å². The Bertz CT molecular complexity index is 981. The molecule has 1 aliphatic rings. The molecule has 1 aliphatic heterocycles. The number of hydrogen-bond acceptors (Lipinski definition) is 6. The van der Waals surface area contributed by atoms with Crippen LogP contribution in [0.2, 0.25) is 0 Å². The van der Waals surface area contributed by atoms with Gasteiger partial charge in [-0.15, -0.1) is 22.0 Å². The zero-order valence-corrected chi connectivity index (χ0v) is 17.3. The van der Waals surface area contributed by atoms with E-state index < -0.39 is 0 Å². The van der Waals surface area contributed by atoms with Crippen LogP contribution in [0.3, 0.4) is 0 Å². The largest absolute Gasteiger partial charge is 0.352 e. The Morgan fingerprint density at radius 2 is 1.79 bits per heavy atom. The molecule has 0 aliphatic carbocycles. The fourth-order valence-corrected chi connectivity index (χ4v) is 3.65. The van der Waals surface area contributed by atoms with Gasteiger partial charge in [-0.2, -0.15) is 5.10 Å². The van der Waals surface area contributed by atoms with Gasteiger partial charge in [0.2, 0.25) is 0 Å². The monoisotopic (exact) mass is 409 g/mol. The highest BCUT2D eigenvalue weighted by atomic mass is 32.2. The van der Waals surface area contributed by atoms with E-state index in [9.17, 15) is 4.79 Å². The van der Waals surface area contributed by atoms with Gasteiger partial charge in [0.25, 0.3) is 0 Å². The van der Waals surface area contributed by atoms with Crippen LogP contribution in [-0.4, -0.2) is 63.3 Å². The molecule has 0 radical (unpaired) electrons. The van der Waals surface area contributed by atoms with Crippen molar-refractivity contribution in [2.24, 2.45) is 0 Å². The van der Waals surface area contributed by atoms with E-state index in [0.29, 0.717) is 32.0 Å². The smallest absolute Gasteiger partial charge is 0.321 e. The number of piperazine rings is 1. The molecule has 3 heterocycles. The standard InChI is InChI=1S/C20H23N7OS/c1-15-8-9-27(24-15)19-7-6-18(22-23-19)25-10-12-26(13-11-25)20(28)21-16-4-3-5-17(14-16)29-2/h3-9,14H,10-13H2,1-2H3,(H,21,28). The third-order valence-corrected chi connectivity index (χ3v) is 5.53. The average Bonchev–Trinajstić information content (AvgIpc) is 3.20. The number of anilines is 2. The molecular weight excluding hydrogens is 386 g/mol. The predicted octanol–water partition coefficient (Wildman–Crippen LogP) is 3.05. The van der Waals surface area contributed by atoms with E-state index in [4.69, 9.17) is 0 Å². The molecule has 0 atom stereocenters. The highest BCUT2D eigenvalue weighted by molar-refractivity contribution is 7.98. The number of carbonyl (C=O) groups is 1. The van der Waals surface area contributed by atoms with Crippen molar-refractivity contribution in [3.63, 3.8) is 0 Å². The molecule has 8 nitrogen and oxygen atoms in total. The predicted molar refractivity (Wildman–Crippen MR) is 115 cm³/mol. The van der Waals surface area contributed by atoms with Gasteiger partial charge < -0.3 is 15.1 Å². The van der Waals surface area contributed by atoms with Crippen LogP contribution in [0.5, 0.6) is 0 Å². The van der Waals surface area contributed by atoms with E-state index in [1.807, 2.05) is 66.7 Å². The molecule has 0 bridgehead atoms. The molecule has 150 valence electrons. The molecule has 2 aromatic heterocycles. The Balaban J connectivity index is 1.33. The maximum absolute atomic E-state index is 12.6. The lowest BCUT2D eigenvalue weighted by molar-refractivity contribution is 0.208. The number of thioether (sulfide) groups is 1. The summed E-state index contributed by atoms with van der Waals surface area (Å²) >= 11 is 1.65. The van der Waals surface area contributed by atoms with Gasteiger partial charge in [0.1, 0.15) is 0 Å². The van der Waals surface area contributed by atoms with E-state index in [0.717, 1.165) is 22.1 Å². The number of aromatic nitrogens is 4. The summed E-state index contributed by atoms with van der Waals surface area (Å²) in [6.45, 7) is 4.64. The highest BCUT2D eigenvalue weighted by Crippen LogP contribution is 2.20. The quantitative estimate of drug-likeness (QED) is 0.667. The number of amides is 2. The van der Waals surface area contributed by atoms with E-state index in [1.54, 1.807) is 16.4 Å². The lowest BCUT2D eigenvalue weighted by Gasteiger charge is -2.35. The van der Waals surface area contributed by atoms with E-state index in [-0.39, 0.29) is 6.03 Å². The normalized spacial score (nSPS) is 14.1. The van der Waals surface area contributed by atoms with Crippen LogP contribution in [0.4, 0.5) is 16.3 Å². The molecular formula is C20H23N7OS. The molecule has 0 saturated carbocycles. The molecule has 29 heavy (non-hydrogen) atoms. The highest BCUT2D eigenvalue weighted by Gasteiger charge is 2.22. The van der Waals surface area contributed by atoms with Crippen molar-refractivity contribution < 1.29 is 4.79 Å². The summed E-state index contributed by atoms with van der Waals surface area (Å²) in [5.74, 6) is 1.50. The number of aryl methyl sites for hydroxylation is 1. The topological polar surface area (TPSA) is 79.2 Å². The summed E-state index contributed by atoms with van der Waals surface area (Å²) in [4.78, 5) is 17.7. The number of nitrogens with zero attached hydrogens (tertiary/aromatic N) is 6. The Kier molecular flexibility index (Phi) is 5.66. The summed E-state index contributed by atoms with van der Waals surface area (Å²) in [5.41, 5.74) is 1.75. The SMILES string of the molecule is CSc1cccc(NC(=O)N2CCN(c3ccc(-n4ccc(C)n4)nn3)CC2)c1. The van der Waals surface area contributed by atoms with Gasteiger partial charge in [-0.05, 0) is 49.6 Å². The van der Waals surface area contributed by atoms with Gasteiger partial charge in [-0.25, -0.2) is 9.48 Å². The van der Waals surface area contributed by atoms with E-state index in [2.05, 4.69) is 25.5 Å². The average molecular weight is 410 g/mol. The maximum Gasteiger partial charge on any atom is 0.321 e. The molecule has 1 N–H and O–H groups in total. The fourth-order valence-electron chi connectivity index (χ4n) is 3.19. The van der Waals surface area contributed by atoms with Gasteiger partial charge in [-0.3, -0.25) is 0 Å². The lowest BCUT2D eigenvalue weighted by atomic mass is 10.3. The molecule has 0 spiro atoms. The zero-order chi connectivity index (χ0) is 20.2. The van der Waals surface area contributed by atoms with Crippen molar-refractivity contribution in [3.8, 4) is 5.82 Å². The fraction of sp³-hybridized carbons (Fsp3) is 0.300. The van der Waals surface area contributed by atoms with E-state index >= 15 is 0 Å². The molecule has 4 rings (SSSR count). The maximum atomic E-state index is 12.6. The van der Waals surface area contributed by atoms with Crippen LogP contribution in [0.1, 0.15) is 5.69 Å². The molecule has 1 saturated heterocycles. The van der Waals surface area contributed by atoms with Crippen LogP contribution in [0.15, 0.2) is 53.6 Å². The Morgan fingerprint density at radius 3 is 2.45 bits per heavy atom. The first-order chi connectivity index (χ1) is 14.1. The second-order valence-corrected chi connectivity index (χ2v) is 7.67. The van der Waals surface area contributed by atoms with Gasteiger partial charge in [0.15, 0.2) is 11.6 Å². The second kappa shape index (κ2) is 8.52. The van der Waals surface area contributed by atoms with Crippen LogP contribution in [0, 0.1) is 6.92 Å². The first-order valence-electron chi connectivity index (χ1n) is 9.44. The molecule has 1 fully saturated rings. The number of benzene rings is 1. The minimum absolute atomic E-state index is 0.0709. The first kappa shape index (κ1) is 19.3. The molecule has 0 unspecified atom stereocenters. The third-order valence-electron chi connectivity index (χ3n) is 4.81. The Labute approximate surface area is 173 Å². The number of hydrogen-bond donors (Lipinski definition) is 1. The Hall–Kier alpha value is -3.07. The number of nitrogens with one attached hydrogen (secondary N) is 1. The third kappa shape index (κ3) is 4.51. The van der Waals surface area contributed by atoms with Crippen LogP contribution >= 0.6 is 11.8 Å². The summed E-state index contributed by atoms with van der Waals surface area (Å²) in [7, 11) is 0.